The van der Waals surface area contributed by atoms with Crippen molar-refractivity contribution in [3.63, 3.8) is 0 Å². The van der Waals surface area contributed by atoms with Crippen molar-refractivity contribution in [1.82, 2.24) is 0 Å². The molecule has 1 nitrogen and oxygen atoms in total. The SMILES string of the molecule is C=CC(/C=C/c1ccc(N(c2ccc(-c3ccc4c(c3)-c3ccccc3C4(c3ccccc3)c3ccccc3)cc2)c2cccc(-c3ccc4ccc5ccccc5c4c3)c2)cc1)C(C=C)c1ccccc1. The van der Waals surface area contributed by atoms with Gasteiger partial charge >= 0.3 is 0 Å². The van der Waals surface area contributed by atoms with Crippen LogP contribution >= 0.6 is 0 Å². The topological polar surface area (TPSA) is 3.24 Å². The second-order valence-electron chi connectivity index (χ2n) is 18.9. The summed E-state index contributed by atoms with van der Waals surface area (Å²) >= 11 is 0. The van der Waals surface area contributed by atoms with Crippen molar-refractivity contribution in [3.05, 3.63) is 326 Å². The molecule has 1 heteroatoms. The van der Waals surface area contributed by atoms with Crippen molar-refractivity contribution in [1.29, 1.82) is 0 Å². The molecule has 342 valence electrons. The van der Waals surface area contributed by atoms with Crippen LogP contribution in [0.15, 0.2) is 292 Å². The molecule has 0 fully saturated rings. The molecule has 2 atom stereocenters. The third kappa shape index (κ3) is 7.86. The number of anilines is 3. The second kappa shape index (κ2) is 19.0. The first-order valence-corrected chi connectivity index (χ1v) is 25.0. The van der Waals surface area contributed by atoms with Crippen LogP contribution < -0.4 is 4.90 Å². The van der Waals surface area contributed by atoms with Crippen LogP contribution in [0.1, 0.15) is 39.3 Å². The summed E-state index contributed by atoms with van der Waals surface area (Å²) < 4.78 is 0. The van der Waals surface area contributed by atoms with Gasteiger partial charge in [-0.1, -0.05) is 237 Å². The minimum absolute atomic E-state index is 0.103. The normalized spacial score (nSPS) is 13.3. The van der Waals surface area contributed by atoms with Crippen LogP contribution in [0.5, 0.6) is 0 Å². The number of hydrogen-bond donors (Lipinski definition) is 0. The summed E-state index contributed by atoms with van der Waals surface area (Å²) in [5.74, 6) is 0.238. The fourth-order valence-corrected chi connectivity index (χ4v) is 11.4. The predicted molar refractivity (Wildman–Crippen MR) is 306 cm³/mol. The predicted octanol–water partition coefficient (Wildman–Crippen LogP) is 18.9. The summed E-state index contributed by atoms with van der Waals surface area (Å²) in [6.07, 6.45) is 8.50. The summed E-state index contributed by atoms with van der Waals surface area (Å²) in [7, 11) is 0. The van der Waals surface area contributed by atoms with Gasteiger partial charge in [0.05, 0.1) is 5.41 Å². The first-order chi connectivity index (χ1) is 35.6. The molecule has 0 spiro atoms. The van der Waals surface area contributed by atoms with Gasteiger partial charge in [0.2, 0.25) is 0 Å². The van der Waals surface area contributed by atoms with Gasteiger partial charge in [-0.2, -0.15) is 0 Å². The van der Waals surface area contributed by atoms with Crippen LogP contribution in [-0.2, 0) is 5.41 Å². The molecule has 0 aliphatic heterocycles. The van der Waals surface area contributed by atoms with Gasteiger partial charge in [-0.15, -0.1) is 13.2 Å². The fraction of sp³-hybridized carbons (Fsp3) is 0.0423. The molecule has 1 aliphatic carbocycles. The molecule has 11 aromatic rings. The van der Waals surface area contributed by atoms with Gasteiger partial charge in [-0.25, -0.2) is 0 Å². The van der Waals surface area contributed by atoms with Gasteiger partial charge in [0.1, 0.15) is 0 Å². The summed E-state index contributed by atoms with van der Waals surface area (Å²) in [6, 6.07) is 95.5. The van der Waals surface area contributed by atoms with Gasteiger partial charge < -0.3 is 4.90 Å². The highest BCUT2D eigenvalue weighted by molar-refractivity contribution is 6.08. The Morgan fingerprint density at radius 3 is 1.64 bits per heavy atom. The van der Waals surface area contributed by atoms with Crippen molar-refractivity contribution < 1.29 is 0 Å². The molecular formula is C71H53N. The third-order valence-corrected chi connectivity index (χ3v) is 14.9. The van der Waals surface area contributed by atoms with Gasteiger partial charge in [-0.3, -0.25) is 0 Å². The molecule has 0 bridgehead atoms. The Labute approximate surface area is 423 Å². The molecule has 2 unspecified atom stereocenters. The Hall–Kier alpha value is -9.04. The maximum absolute atomic E-state index is 4.20. The van der Waals surface area contributed by atoms with Gasteiger partial charge in [0, 0.05) is 28.9 Å². The standard InChI is InChI=1S/C71H53N/c1-3-51(64(4-2)53-19-8-5-9-20-53)34-31-50-32-42-61(43-33-50)72(63-27-18-22-56(47-63)58-38-37-55-36-35-54-21-14-15-28-65(54)67(55)48-58)62-44-39-52(40-45-62)57-41-46-70-68(49-57)66-29-16-17-30-69(66)71(70,59-23-10-6-11-24-59)60-25-12-7-13-26-60/h3-49,51,64H,1-2H2/b34-31+. The van der Waals surface area contributed by atoms with Crippen LogP contribution in [0.4, 0.5) is 17.1 Å². The van der Waals surface area contributed by atoms with Crippen LogP contribution in [0, 0.1) is 5.92 Å². The number of hydrogen-bond acceptors (Lipinski definition) is 1. The highest BCUT2D eigenvalue weighted by Crippen LogP contribution is 2.56. The first-order valence-electron chi connectivity index (χ1n) is 25.0. The lowest BCUT2D eigenvalue weighted by Crippen LogP contribution is -2.28. The largest absolute Gasteiger partial charge is 0.310 e. The Kier molecular flexibility index (Phi) is 11.7. The number of nitrogens with zero attached hydrogens (tertiary/aromatic N) is 1. The highest BCUT2D eigenvalue weighted by Gasteiger charge is 2.46. The second-order valence-corrected chi connectivity index (χ2v) is 18.9. The summed E-state index contributed by atoms with van der Waals surface area (Å²) in [5.41, 5.74) is 17.6. The average Bonchev–Trinajstić information content (AvgIpc) is 3.76. The number of benzene rings is 11. The van der Waals surface area contributed by atoms with Crippen molar-refractivity contribution in [2.45, 2.75) is 11.3 Å². The first kappa shape index (κ1) is 44.2. The van der Waals surface area contributed by atoms with Crippen molar-refractivity contribution in [3.8, 4) is 33.4 Å². The molecule has 0 heterocycles. The molecule has 12 rings (SSSR count). The maximum Gasteiger partial charge on any atom is 0.0713 e. The van der Waals surface area contributed by atoms with E-state index >= 15 is 0 Å². The van der Waals surface area contributed by atoms with Crippen molar-refractivity contribution in [2.24, 2.45) is 5.92 Å². The Morgan fingerprint density at radius 1 is 0.375 bits per heavy atom. The van der Waals surface area contributed by atoms with Crippen molar-refractivity contribution >= 4 is 44.7 Å². The summed E-state index contributed by atoms with van der Waals surface area (Å²) in [4.78, 5) is 2.37. The van der Waals surface area contributed by atoms with E-state index in [4.69, 9.17) is 0 Å². The lowest BCUT2D eigenvalue weighted by molar-refractivity contribution is 0.713. The Morgan fingerprint density at radius 2 is 0.931 bits per heavy atom. The van der Waals surface area contributed by atoms with Gasteiger partial charge in [0.15, 0.2) is 0 Å². The van der Waals surface area contributed by atoms with Crippen LogP contribution in [-0.4, -0.2) is 0 Å². The summed E-state index contributed by atoms with van der Waals surface area (Å²) in [6.45, 7) is 8.39. The number of rotatable bonds is 13. The minimum Gasteiger partial charge on any atom is -0.310 e. The number of fused-ring (bicyclic) bond motifs is 6. The zero-order valence-electron chi connectivity index (χ0n) is 40.2. The fourth-order valence-electron chi connectivity index (χ4n) is 11.4. The van der Waals surface area contributed by atoms with E-state index in [1.165, 1.54) is 77.2 Å². The quantitative estimate of drug-likeness (QED) is 0.0823. The monoisotopic (exact) mass is 919 g/mol. The lowest BCUT2D eigenvalue weighted by atomic mass is 9.67. The van der Waals surface area contributed by atoms with Gasteiger partial charge in [0.25, 0.3) is 0 Å². The van der Waals surface area contributed by atoms with E-state index in [0.717, 1.165) is 28.2 Å². The molecule has 0 radical (unpaired) electrons. The molecule has 0 saturated carbocycles. The molecule has 0 aromatic heterocycles. The van der Waals surface area contributed by atoms with E-state index in [0.29, 0.717) is 0 Å². The molecule has 1 aliphatic rings. The number of allylic oxidation sites excluding steroid dienone is 3. The van der Waals surface area contributed by atoms with Crippen LogP contribution in [0.25, 0.3) is 61.0 Å². The zero-order valence-corrected chi connectivity index (χ0v) is 40.2. The van der Waals surface area contributed by atoms with Crippen molar-refractivity contribution in [2.75, 3.05) is 4.90 Å². The highest BCUT2D eigenvalue weighted by atomic mass is 15.1. The van der Waals surface area contributed by atoms with E-state index in [1.54, 1.807) is 0 Å². The molecular weight excluding hydrogens is 867 g/mol. The maximum atomic E-state index is 4.20. The lowest BCUT2D eigenvalue weighted by Gasteiger charge is -2.33. The minimum atomic E-state index is -0.429. The van der Waals surface area contributed by atoms with Gasteiger partial charge in [-0.05, 0) is 137 Å². The van der Waals surface area contributed by atoms with E-state index in [2.05, 4.69) is 291 Å². The average molecular weight is 920 g/mol. The molecule has 0 N–H and O–H groups in total. The van der Waals surface area contributed by atoms with Crippen LogP contribution in [0.2, 0.25) is 0 Å². The third-order valence-electron chi connectivity index (χ3n) is 14.9. The molecule has 0 saturated heterocycles. The smallest absolute Gasteiger partial charge is 0.0713 e. The zero-order chi connectivity index (χ0) is 48.4. The van der Waals surface area contributed by atoms with E-state index < -0.39 is 5.41 Å². The van der Waals surface area contributed by atoms with Crippen LogP contribution in [0.3, 0.4) is 0 Å². The molecule has 11 aromatic carbocycles. The molecule has 72 heavy (non-hydrogen) atoms. The van der Waals surface area contributed by atoms with E-state index in [1.807, 2.05) is 12.2 Å². The Bertz CT molecular complexity index is 3730. The molecule has 0 amide bonds. The summed E-state index contributed by atoms with van der Waals surface area (Å²) in [5, 5.41) is 5.01. The van der Waals surface area contributed by atoms with E-state index in [-0.39, 0.29) is 11.8 Å². The van der Waals surface area contributed by atoms with E-state index in [9.17, 15) is 0 Å². The Balaban J connectivity index is 0.927.